The Balaban J connectivity index is 2.08. The van der Waals surface area contributed by atoms with Gasteiger partial charge in [0.2, 0.25) is 0 Å². The van der Waals surface area contributed by atoms with Gasteiger partial charge in [0.25, 0.3) is 0 Å². The molecular formula is C23H30Sn. The normalized spacial score (nSPS) is 18.4. The van der Waals surface area contributed by atoms with Gasteiger partial charge in [0.15, 0.2) is 0 Å². The van der Waals surface area contributed by atoms with Gasteiger partial charge < -0.3 is 0 Å². The van der Waals surface area contributed by atoms with Crippen molar-refractivity contribution in [2.45, 2.75) is 53.3 Å². The number of benzene rings is 2. The Morgan fingerprint density at radius 3 is 1.58 bits per heavy atom. The van der Waals surface area contributed by atoms with Crippen LogP contribution in [-0.4, -0.2) is 18.4 Å². The molecule has 0 saturated carbocycles. The van der Waals surface area contributed by atoms with E-state index in [-0.39, 0.29) is 10.8 Å². The molecule has 1 heteroatoms. The Hall–Kier alpha value is -1.02. The van der Waals surface area contributed by atoms with Crippen LogP contribution >= 0.6 is 0 Å². The van der Waals surface area contributed by atoms with Crippen LogP contribution < -0.4 is 3.58 Å². The molecular weight excluding hydrogens is 395 g/mol. The minimum atomic E-state index is -1.96. The van der Waals surface area contributed by atoms with Crippen molar-refractivity contribution in [2.75, 3.05) is 0 Å². The van der Waals surface area contributed by atoms with E-state index in [1.165, 1.54) is 22.3 Å². The van der Waals surface area contributed by atoms with Crippen molar-refractivity contribution in [1.29, 1.82) is 0 Å². The van der Waals surface area contributed by atoms with Crippen molar-refractivity contribution in [1.82, 2.24) is 0 Å². The van der Waals surface area contributed by atoms with Gasteiger partial charge >= 0.3 is 152 Å². The summed E-state index contributed by atoms with van der Waals surface area (Å²) in [5.74, 6) is 0. The molecule has 0 aliphatic heterocycles. The van der Waals surface area contributed by atoms with Crippen LogP contribution in [0.2, 0.25) is 14.8 Å². The molecule has 3 rings (SSSR count). The zero-order valence-electron chi connectivity index (χ0n) is 16.2. The summed E-state index contributed by atoms with van der Waals surface area (Å²) in [5, 5.41) is 0. The molecule has 0 bridgehead atoms. The Bertz CT molecular complexity index is 747. The summed E-state index contributed by atoms with van der Waals surface area (Å²) in [6.45, 7) is 9.47. The van der Waals surface area contributed by atoms with Gasteiger partial charge in [-0.25, -0.2) is 0 Å². The number of allylic oxidation sites excluding steroid dienone is 1. The first kappa shape index (κ1) is 17.8. The molecule has 2 aromatic carbocycles. The van der Waals surface area contributed by atoms with E-state index in [1.807, 2.05) is 0 Å². The predicted octanol–water partition coefficient (Wildman–Crippen LogP) is 5.88. The van der Waals surface area contributed by atoms with Gasteiger partial charge in [-0.1, -0.05) is 0 Å². The molecule has 1 aliphatic rings. The Kier molecular flexibility index (Phi) is 4.27. The minimum absolute atomic E-state index is 0.0853. The van der Waals surface area contributed by atoms with Gasteiger partial charge in [-0.05, 0) is 0 Å². The molecule has 0 spiro atoms. The molecule has 0 amide bonds. The maximum atomic E-state index is 2.47. The van der Waals surface area contributed by atoms with E-state index in [0.29, 0.717) is 0 Å². The van der Waals surface area contributed by atoms with Crippen LogP contribution in [0, 0.1) is 0 Å². The van der Waals surface area contributed by atoms with Crippen molar-refractivity contribution in [2.24, 2.45) is 0 Å². The average Bonchev–Trinajstić information content (AvgIpc) is 2.65. The third kappa shape index (κ3) is 2.87. The fraction of sp³-hybridized carbons (Fsp3) is 0.391. The zero-order valence-corrected chi connectivity index (χ0v) is 19.1. The molecule has 0 aromatic heterocycles. The quantitative estimate of drug-likeness (QED) is 0.527. The summed E-state index contributed by atoms with van der Waals surface area (Å²) >= 11 is -1.96. The monoisotopic (exact) mass is 426 g/mol. The molecule has 0 N–H and O–H groups in total. The fourth-order valence-electron chi connectivity index (χ4n) is 4.25. The first-order chi connectivity index (χ1) is 11.0. The third-order valence-corrected chi connectivity index (χ3v) is 11.6. The van der Waals surface area contributed by atoms with Gasteiger partial charge in [0, 0.05) is 0 Å². The van der Waals surface area contributed by atoms with Crippen LogP contribution in [-0.2, 0) is 10.8 Å². The van der Waals surface area contributed by atoms with Crippen molar-refractivity contribution in [3.8, 4) is 0 Å². The first-order valence-corrected chi connectivity index (χ1v) is 19.0. The van der Waals surface area contributed by atoms with Gasteiger partial charge in [0.1, 0.15) is 0 Å². The summed E-state index contributed by atoms with van der Waals surface area (Å²) in [5.41, 5.74) is 5.97. The molecule has 24 heavy (non-hydrogen) atoms. The van der Waals surface area contributed by atoms with Crippen LogP contribution in [0.1, 0.15) is 44.4 Å². The number of fused-ring (bicyclic) bond motifs is 1. The van der Waals surface area contributed by atoms with Crippen molar-refractivity contribution < 1.29 is 0 Å². The maximum absolute atomic E-state index is 2.47. The SMILES string of the molecule is CC1(C)C(=Cc2cc[c]([Sn]([CH3])([CH3])[CH3])cc2)C(C)(C)c2ccccc21. The van der Waals surface area contributed by atoms with Crippen LogP contribution in [0.4, 0.5) is 0 Å². The van der Waals surface area contributed by atoms with E-state index in [0.717, 1.165) is 0 Å². The van der Waals surface area contributed by atoms with E-state index in [9.17, 15) is 0 Å². The Morgan fingerprint density at radius 2 is 1.17 bits per heavy atom. The van der Waals surface area contributed by atoms with Crippen LogP contribution in [0.5, 0.6) is 0 Å². The predicted molar refractivity (Wildman–Crippen MR) is 110 cm³/mol. The molecule has 0 heterocycles. The van der Waals surface area contributed by atoms with Crippen molar-refractivity contribution in [3.63, 3.8) is 0 Å². The van der Waals surface area contributed by atoms with E-state index in [4.69, 9.17) is 0 Å². The third-order valence-electron chi connectivity index (χ3n) is 5.71. The van der Waals surface area contributed by atoms with Gasteiger partial charge in [0.05, 0.1) is 0 Å². The van der Waals surface area contributed by atoms with E-state index >= 15 is 0 Å². The molecule has 126 valence electrons. The molecule has 0 radical (unpaired) electrons. The number of rotatable bonds is 2. The molecule has 2 aromatic rings. The summed E-state index contributed by atoms with van der Waals surface area (Å²) in [7, 11) is 0. The molecule has 0 atom stereocenters. The molecule has 0 unspecified atom stereocenters. The topological polar surface area (TPSA) is 0 Å². The number of hydrogen-bond acceptors (Lipinski definition) is 0. The van der Waals surface area contributed by atoms with Crippen molar-refractivity contribution in [3.05, 3.63) is 70.8 Å². The second-order valence-corrected chi connectivity index (χ2v) is 23.7. The van der Waals surface area contributed by atoms with E-state index < -0.39 is 18.4 Å². The van der Waals surface area contributed by atoms with E-state index in [2.05, 4.69) is 97.1 Å². The Labute approximate surface area is 151 Å². The second-order valence-electron chi connectivity index (χ2n) is 9.23. The molecule has 0 saturated heterocycles. The van der Waals surface area contributed by atoms with Crippen LogP contribution in [0.3, 0.4) is 0 Å². The summed E-state index contributed by atoms with van der Waals surface area (Å²) in [6.07, 6.45) is 2.43. The second kappa shape index (κ2) is 5.76. The summed E-state index contributed by atoms with van der Waals surface area (Å²) < 4.78 is 1.60. The van der Waals surface area contributed by atoms with Crippen LogP contribution in [0.25, 0.3) is 6.08 Å². The zero-order chi connectivity index (χ0) is 17.8. The molecule has 0 nitrogen and oxygen atoms in total. The Morgan fingerprint density at radius 1 is 0.708 bits per heavy atom. The first-order valence-electron chi connectivity index (χ1n) is 8.98. The molecule has 1 aliphatic carbocycles. The van der Waals surface area contributed by atoms with Gasteiger partial charge in [-0.15, -0.1) is 0 Å². The van der Waals surface area contributed by atoms with Gasteiger partial charge in [-0.3, -0.25) is 0 Å². The van der Waals surface area contributed by atoms with Crippen molar-refractivity contribution >= 4 is 28.0 Å². The summed E-state index contributed by atoms with van der Waals surface area (Å²) in [6, 6.07) is 18.3. The van der Waals surface area contributed by atoms with Crippen LogP contribution in [0.15, 0.2) is 54.1 Å². The standard InChI is InChI=1S/C20H21.3CH3.Sn/c1-19(2)16-12-8-9-13-17(16)20(3,4)18(19)14-15-10-6-5-7-11-15;;;;/h6-14H,1-4H3;3*1H3;. The van der Waals surface area contributed by atoms with Gasteiger partial charge in [-0.2, -0.15) is 0 Å². The summed E-state index contributed by atoms with van der Waals surface area (Å²) in [4.78, 5) is 7.42. The molecule has 0 fully saturated rings. The fourth-order valence-corrected chi connectivity index (χ4v) is 7.58. The van der Waals surface area contributed by atoms with E-state index in [1.54, 1.807) is 3.58 Å². The average molecular weight is 425 g/mol. The number of hydrogen-bond donors (Lipinski definition) is 0.